The number of amides is 1. The maximum Gasteiger partial charge on any atom is 0.234 e. The van der Waals surface area contributed by atoms with Gasteiger partial charge in [0, 0.05) is 26.2 Å². The second-order valence-corrected chi connectivity index (χ2v) is 10.4. The van der Waals surface area contributed by atoms with Crippen molar-refractivity contribution in [2.24, 2.45) is 0 Å². The number of piperidine rings is 1. The summed E-state index contributed by atoms with van der Waals surface area (Å²) in [5.74, 6) is -3.56. The van der Waals surface area contributed by atoms with E-state index in [0.29, 0.717) is 6.07 Å². The number of hydrogen-bond donors (Lipinski definition) is 1. The Bertz CT molecular complexity index is 859. The smallest absolute Gasteiger partial charge is 0.234 e. The highest BCUT2D eigenvalue weighted by Crippen LogP contribution is 2.23. The predicted molar refractivity (Wildman–Crippen MR) is 91.4 cm³/mol. The van der Waals surface area contributed by atoms with Crippen molar-refractivity contribution in [1.29, 1.82) is 0 Å². The SMILES string of the molecule is CNC(=O)CS(=O)(=O)C1CCN(S(=O)(=O)Cc2cc(F)cc(F)c2)CC1. The van der Waals surface area contributed by atoms with Crippen molar-refractivity contribution in [2.45, 2.75) is 23.8 Å². The molecule has 1 N–H and O–H groups in total. The number of sulfonamides is 1. The number of nitrogens with one attached hydrogen (secondary N) is 1. The van der Waals surface area contributed by atoms with Crippen LogP contribution in [0.3, 0.4) is 0 Å². The van der Waals surface area contributed by atoms with Crippen molar-refractivity contribution in [1.82, 2.24) is 9.62 Å². The molecule has 1 fully saturated rings. The Hall–Kier alpha value is -1.59. The van der Waals surface area contributed by atoms with Gasteiger partial charge in [-0.2, -0.15) is 0 Å². The van der Waals surface area contributed by atoms with Crippen molar-refractivity contribution < 1.29 is 30.4 Å². The Morgan fingerprint density at radius 3 is 2.15 bits per heavy atom. The van der Waals surface area contributed by atoms with E-state index in [-0.39, 0.29) is 31.5 Å². The van der Waals surface area contributed by atoms with Crippen molar-refractivity contribution >= 4 is 25.8 Å². The summed E-state index contributed by atoms with van der Waals surface area (Å²) >= 11 is 0. The molecule has 0 bridgehead atoms. The summed E-state index contributed by atoms with van der Waals surface area (Å²) in [6.07, 6.45) is 0.131. The zero-order valence-electron chi connectivity index (χ0n) is 14.1. The number of hydrogen-bond acceptors (Lipinski definition) is 5. The molecule has 0 atom stereocenters. The van der Waals surface area contributed by atoms with Gasteiger partial charge in [0.15, 0.2) is 9.84 Å². The molecular formula is C15H20F2N2O5S2. The Labute approximate surface area is 151 Å². The second kappa shape index (κ2) is 7.97. The fourth-order valence-corrected chi connectivity index (χ4v) is 6.05. The van der Waals surface area contributed by atoms with Gasteiger partial charge in [-0.1, -0.05) is 0 Å². The second-order valence-electron chi connectivity index (χ2n) is 6.11. The maximum atomic E-state index is 13.2. The van der Waals surface area contributed by atoms with Gasteiger partial charge < -0.3 is 5.32 Å². The van der Waals surface area contributed by atoms with Crippen molar-refractivity contribution in [2.75, 3.05) is 25.9 Å². The molecule has 1 saturated heterocycles. The number of benzene rings is 1. The molecule has 0 radical (unpaired) electrons. The van der Waals surface area contributed by atoms with Gasteiger partial charge in [0.2, 0.25) is 15.9 Å². The zero-order chi connectivity index (χ0) is 19.5. The van der Waals surface area contributed by atoms with Crippen LogP contribution in [0.4, 0.5) is 8.78 Å². The van der Waals surface area contributed by atoms with Crippen LogP contribution >= 0.6 is 0 Å². The minimum absolute atomic E-state index is 0.0168. The van der Waals surface area contributed by atoms with E-state index in [4.69, 9.17) is 0 Å². The van der Waals surface area contributed by atoms with Crippen molar-refractivity contribution in [3.05, 3.63) is 35.4 Å². The van der Waals surface area contributed by atoms with Gasteiger partial charge in [-0.25, -0.2) is 29.9 Å². The molecular weight excluding hydrogens is 390 g/mol. The van der Waals surface area contributed by atoms with Gasteiger partial charge in [0.05, 0.1) is 11.0 Å². The first-order chi connectivity index (χ1) is 12.0. The number of halogens is 2. The number of carbonyl (C=O) groups excluding carboxylic acids is 1. The molecule has 0 aliphatic carbocycles. The summed E-state index contributed by atoms with van der Waals surface area (Å²) in [6.45, 7) is -0.0600. The van der Waals surface area contributed by atoms with E-state index >= 15 is 0 Å². The zero-order valence-corrected chi connectivity index (χ0v) is 15.7. The Morgan fingerprint density at radius 2 is 1.65 bits per heavy atom. The third-order valence-corrected chi connectivity index (χ3v) is 8.19. The van der Waals surface area contributed by atoms with Gasteiger partial charge in [0.25, 0.3) is 0 Å². The van der Waals surface area contributed by atoms with Crippen LogP contribution < -0.4 is 5.32 Å². The van der Waals surface area contributed by atoms with Gasteiger partial charge in [-0.05, 0) is 30.5 Å². The topological polar surface area (TPSA) is 101 Å². The summed E-state index contributed by atoms with van der Waals surface area (Å²) in [7, 11) is -6.17. The quantitative estimate of drug-likeness (QED) is 0.733. The standard InChI is InChI=1S/C15H20F2N2O5S2/c1-18-15(20)10-25(21,22)14-2-4-19(5-3-14)26(23,24)9-11-6-12(16)8-13(17)7-11/h6-8,14H,2-5,9-10H2,1H3,(H,18,20). The molecule has 26 heavy (non-hydrogen) atoms. The van der Waals surface area contributed by atoms with E-state index in [2.05, 4.69) is 5.32 Å². The number of rotatable bonds is 6. The highest BCUT2D eigenvalue weighted by molar-refractivity contribution is 7.92. The molecule has 7 nitrogen and oxygen atoms in total. The molecule has 1 amide bonds. The van der Waals surface area contributed by atoms with Crippen LogP contribution in [0.1, 0.15) is 18.4 Å². The van der Waals surface area contributed by atoms with Gasteiger partial charge >= 0.3 is 0 Å². The van der Waals surface area contributed by atoms with E-state index in [1.807, 2.05) is 0 Å². The normalized spacial score (nSPS) is 17.2. The van der Waals surface area contributed by atoms with Crippen LogP contribution in [0.5, 0.6) is 0 Å². The Balaban J connectivity index is 2.03. The first kappa shape index (κ1) is 20.7. The van der Waals surface area contributed by atoms with Crippen LogP contribution in [0.2, 0.25) is 0 Å². The lowest BCUT2D eigenvalue weighted by molar-refractivity contribution is -0.118. The average molecular weight is 410 g/mol. The van der Waals surface area contributed by atoms with Crippen molar-refractivity contribution in [3.8, 4) is 0 Å². The lowest BCUT2D eigenvalue weighted by Crippen LogP contribution is -2.44. The highest BCUT2D eigenvalue weighted by Gasteiger charge is 2.35. The fraction of sp³-hybridized carbons (Fsp3) is 0.533. The molecule has 1 aromatic carbocycles. The lowest BCUT2D eigenvalue weighted by Gasteiger charge is -2.30. The molecule has 0 unspecified atom stereocenters. The van der Waals surface area contributed by atoms with Crippen LogP contribution in [0, 0.1) is 11.6 Å². The average Bonchev–Trinajstić information content (AvgIpc) is 2.53. The molecule has 1 aliphatic rings. The summed E-state index contributed by atoms with van der Waals surface area (Å²) < 4.78 is 76.7. The molecule has 0 saturated carbocycles. The van der Waals surface area contributed by atoms with E-state index in [1.54, 1.807) is 0 Å². The summed E-state index contributed by atoms with van der Waals surface area (Å²) in [4.78, 5) is 11.3. The van der Waals surface area contributed by atoms with E-state index < -0.39 is 54.2 Å². The maximum absolute atomic E-state index is 13.2. The predicted octanol–water partition coefficient (Wildman–Crippen LogP) is 0.420. The first-order valence-corrected chi connectivity index (χ1v) is 11.2. The summed E-state index contributed by atoms with van der Waals surface area (Å²) in [5.41, 5.74) is -0.0168. The molecule has 11 heteroatoms. The summed E-state index contributed by atoms with van der Waals surface area (Å²) in [5, 5.41) is 1.45. The molecule has 1 aromatic rings. The minimum atomic E-state index is -3.84. The van der Waals surface area contributed by atoms with E-state index in [1.165, 1.54) is 7.05 Å². The van der Waals surface area contributed by atoms with E-state index in [9.17, 15) is 30.4 Å². The first-order valence-electron chi connectivity index (χ1n) is 7.88. The minimum Gasteiger partial charge on any atom is -0.358 e. The van der Waals surface area contributed by atoms with Gasteiger partial charge in [-0.15, -0.1) is 0 Å². The molecule has 146 valence electrons. The molecule has 0 spiro atoms. The van der Waals surface area contributed by atoms with Crippen molar-refractivity contribution in [3.63, 3.8) is 0 Å². The van der Waals surface area contributed by atoms with Crippen LogP contribution in [0.15, 0.2) is 18.2 Å². The number of nitrogens with zero attached hydrogens (tertiary/aromatic N) is 1. The van der Waals surface area contributed by atoms with E-state index in [0.717, 1.165) is 16.4 Å². The number of sulfone groups is 1. The monoisotopic (exact) mass is 410 g/mol. The third kappa shape index (κ3) is 5.21. The lowest BCUT2D eigenvalue weighted by atomic mass is 10.2. The molecule has 1 heterocycles. The van der Waals surface area contributed by atoms with Gasteiger partial charge in [0.1, 0.15) is 17.4 Å². The summed E-state index contributed by atoms with van der Waals surface area (Å²) in [6, 6.07) is 2.54. The van der Waals surface area contributed by atoms with Crippen LogP contribution in [0.25, 0.3) is 0 Å². The Morgan fingerprint density at radius 1 is 1.12 bits per heavy atom. The van der Waals surface area contributed by atoms with Gasteiger partial charge in [-0.3, -0.25) is 4.79 Å². The Kier molecular flexibility index (Phi) is 6.35. The number of carbonyl (C=O) groups is 1. The highest BCUT2D eigenvalue weighted by atomic mass is 32.2. The largest absolute Gasteiger partial charge is 0.358 e. The molecule has 0 aromatic heterocycles. The van der Waals surface area contributed by atoms with Crippen LogP contribution in [-0.4, -0.2) is 58.2 Å². The molecule has 1 aliphatic heterocycles. The molecule has 2 rings (SSSR count). The van der Waals surface area contributed by atoms with Crippen LogP contribution in [-0.2, 0) is 30.4 Å². The fourth-order valence-electron chi connectivity index (χ4n) is 2.84. The third-order valence-electron chi connectivity index (χ3n) is 4.18.